The van der Waals surface area contributed by atoms with Gasteiger partial charge in [0.25, 0.3) is 0 Å². The maximum absolute atomic E-state index is 11.3. The second kappa shape index (κ2) is 2.33. The highest BCUT2D eigenvalue weighted by molar-refractivity contribution is 5.81. The molecule has 2 heterocycles. The van der Waals surface area contributed by atoms with Gasteiger partial charge in [-0.3, -0.25) is 4.79 Å². The van der Waals surface area contributed by atoms with Crippen LogP contribution in [0.1, 0.15) is 19.3 Å². The molecule has 12 heavy (non-hydrogen) atoms. The van der Waals surface area contributed by atoms with Crippen molar-refractivity contribution in [2.75, 3.05) is 13.2 Å². The van der Waals surface area contributed by atoms with Gasteiger partial charge >= 0.3 is 0 Å². The predicted octanol–water partition coefficient (Wildman–Crippen LogP) is 0.300. The number of nitrogens with zero attached hydrogens (tertiary/aromatic N) is 1. The molecule has 3 heteroatoms. The number of amides is 1. The van der Waals surface area contributed by atoms with Gasteiger partial charge in [0.1, 0.15) is 0 Å². The minimum atomic E-state index is -0.270. The third-order valence-corrected chi connectivity index (χ3v) is 2.93. The first-order valence-electron chi connectivity index (χ1n) is 4.26. The number of carbonyl (C=O) groups excluding carboxylic acids is 1. The number of hydrogen-bond acceptors (Lipinski definition) is 2. The molecule has 0 bridgehead atoms. The molecule has 2 rings (SSSR count). The van der Waals surface area contributed by atoms with Gasteiger partial charge in [0.05, 0.1) is 12.1 Å². The van der Waals surface area contributed by atoms with Crippen LogP contribution in [-0.4, -0.2) is 34.6 Å². The Labute approximate surface area is 71.7 Å². The van der Waals surface area contributed by atoms with Gasteiger partial charge in [-0.1, -0.05) is 12.2 Å². The van der Waals surface area contributed by atoms with Gasteiger partial charge in [0, 0.05) is 13.0 Å². The number of aliphatic hydroxyl groups is 1. The van der Waals surface area contributed by atoms with E-state index in [1.165, 1.54) is 0 Å². The fourth-order valence-corrected chi connectivity index (χ4v) is 2.28. The maximum Gasteiger partial charge on any atom is 0.223 e. The molecule has 66 valence electrons. The third-order valence-electron chi connectivity index (χ3n) is 2.93. The Kier molecular flexibility index (Phi) is 1.51. The van der Waals surface area contributed by atoms with Crippen LogP contribution in [0.25, 0.3) is 0 Å². The van der Waals surface area contributed by atoms with E-state index in [-0.39, 0.29) is 18.1 Å². The van der Waals surface area contributed by atoms with Crippen molar-refractivity contribution in [1.82, 2.24) is 4.90 Å². The van der Waals surface area contributed by atoms with E-state index in [4.69, 9.17) is 0 Å². The highest BCUT2D eigenvalue weighted by atomic mass is 16.3. The van der Waals surface area contributed by atoms with E-state index in [0.717, 1.165) is 18.4 Å². The second-order valence-electron chi connectivity index (χ2n) is 3.79. The smallest absolute Gasteiger partial charge is 0.223 e. The van der Waals surface area contributed by atoms with E-state index >= 15 is 0 Å². The number of fused-ring (bicyclic) bond motifs is 1. The molecule has 0 aliphatic carbocycles. The van der Waals surface area contributed by atoms with Gasteiger partial charge in [0.2, 0.25) is 5.91 Å². The van der Waals surface area contributed by atoms with Crippen molar-refractivity contribution in [2.24, 2.45) is 0 Å². The largest absolute Gasteiger partial charge is 0.394 e. The molecule has 0 aromatic heterocycles. The maximum atomic E-state index is 11.3. The molecule has 0 radical (unpaired) electrons. The first-order chi connectivity index (χ1) is 5.68. The van der Waals surface area contributed by atoms with Crippen molar-refractivity contribution in [1.29, 1.82) is 0 Å². The molecule has 2 saturated heterocycles. The summed E-state index contributed by atoms with van der Waals surface area (Å²) in [5.41, 5.74) is 0.797. The summed E-state index contributed by atoms with van der Waals surface area (Å²) in [4.78, 5) is 13.1. The zero-order valence-corrected chi connectivity index (χ0v) is 7.05. The summed E-state index contributed by atoms with van der Waals surface area (Å²) in [5, 5.41) is 9.23. The van der Waals surface area contributed by atoms with Crippen LogP contribution in [0, 0.1) is 0 Å². The monoisotopic (exact) mass is 167 g/mol. The van der Waals surface area contributed by atoms with Crippen LogP contribution in [0.3, 0.4) is 0 Å². The highest BCUT2D eigenvalue weighted by Gasteiger charge is 2.49. The number of aliphatic hydroxyl groups excluding tert-OH is 1. The van der Waals surface area contributed by atoms with Gasteiger partial charge < -0.3 is 10.0 Å². The van der Waals surface area contributed by atoms with Gasteiger partial charge in [-0.15, -0.1) is 0 Å². The van der Waals surface area contributed by atoms with E-state index in [1.807, 2.05) is 0 Å². The summed E-state index contributed by atoms with van der Waals surface area (Å²) in [7, 11) is 0. The van der Waals surface area contributed by atoms with Gasteiger partial charge in [0.15, 0.2) is 0 Å². The van der Waals surface area contributed by atoms with Crippen LogP contribution >= 0.6 is 0 Å². The molecule has 2 aliphatic heterocycles. The van der Waals surface area contributed by atoms with Crippen molar-refractivity contribution < 1.29 is 9.90 Å². The molecule has 3 nitrogen and oxygen atoms in total. The SMILES string of the molecule is C=C1CN2C(=O)CC[C@]2(CO)C1. The molecule has 1 amide bonds. The fraction of sp³-hybridized carbons (Fsp3) is 0.667. The Morgan fingerprint density at radius 3 is 3.00 bits per heavy atom. The molecule has 2 aliphatic rings. The van der Waals surface area contributed by atoms with E-state index < -0.39 is 0 Å². The molecular weight excluding hydrogens is 154 g/mol. The summed E-state index contributed by atoms with van der Waals surface area (Å²) >= 11 is 0. The zero-order valence-electron chi connectivity index (χ0n) is 7.05. The minimum absolute atomic E-state index is 0.0811. The standard InChI is InChI=1S/C9H13NO2/c1-7-4-9(6-11)3-2-8(12)10(9)5-7/h11H,1-6H2/t9-/m1/s1. The Balaban J connectivity index is 2.30. The van der Waals surface area contributed by atoms with Crippen molar-refractivity contribution in [2.45, 2.75) is 24.8 Å². The average Bonchev–Trinajstić information content (AvgIpc) is 2.51. The lowest BCUT2D eigenvalue weighted by Crippen LogP contribution is -2.43. The molecule has 0 spiro atoms. The average molecular weight is 167 g/mol. The van der Waals surface area contributed by atoms with E-state index in [2.05, 4.69) is 6.58 Å². The summed E-state index contributed by atoms with van der Waals surface area (Å²) in [6, 6.07) is 0. The van der Waals surface area contributed by atoms with Crippen LogP contribution < -0.4 is 0 Å². The first-order valence-corrected chi connectivity index (χ1v) is 4.26. The quantitative estimate of drug-likeness (QED) is 0.571. The molecule has 0 saturated carbocycles. The summed E-state index contributed by atoms with van der Waals surface area (Å²) in [5.74, 6) is 0.169. The van der Waals surface area contributed by atoms with Crippen molar-refractivity contribution in [3.05, 3.63) is 12.2 Å². The fourth-order valence-electron chi connectivity index (χ4n) is 2.28. The van der Waals surface area contributed by atoms with E-state index in [9.17, 15) is 9.90 Å². The van der Waals surface area contributed by atoms with Crippen molar-refractivity contribution in [3.8, 4) is 0 Å². The lowest BCUT2D eigenvalue weighted by molar-refractivity contribution is -0.130. The Hall–Kier alpha value is -0.830. The lowest BCUT2D eigenvalue weighted by atomic mass is 9.94. The summed E-state index contributed by atoms with van der Waals surface area (Å²) in [6.45, 7) is 4.59. The van der Waals surface area contributed by atoms with Crippen LogP contribution in [-0.2, 0) is 4.79 Å². The normalized spacial score (nSPS) is 34.6. The summed E-state index contributed by atoms with van der Waals surface area (Å²) < 4.78 is 0. The number of hydrogen-bond donors (Lipinski definition) is 1. The molecular formula is C9H13NO2. The van der Waals surface area contributed by atoms with Gasteiger partial charge in [-0.05, 0) is 12.8 Å². The summed E-state index contributed by atoms with van der Waals surface area (Å²) in [6.07, 6.45) is 2.17. The van der Waals surface area contributed by atoms with Crippen LogP contribution in [0.4, 0.5) is 0 Å². The van der Waals surface area contributed by atoms with Crippen LogP contribution in [0.5, 0.6) is 0 Å². The Bertz CT molecular complexity index is 249. The molecule has 0 aromatic carbocycles. The zero-order chi connectivity index (χ0) is 8.77. The van der Waals surface area contributed by atoms with Crippen molar-refractivity contribution in [3.63, 3.8) is 0 Å². The van der Waals surface area contributed by atoms with Gasteiger partial charge in [-0.25, -0.2) is 0 Å². The number of carbonyl (C=O) groups is 1. The topological polar surface area (TPSA) is 40.5 Å². The molecule has 0 aromatic rings. The van der Waals surface area contributed by atoms with Crippen molar-refractivity contribution >= 4 is 5.91 Å². The highest BCUT2D eigenvalue weighted by Crippen LogP contribution is 2.40. The minimum Gasteiger partial charge on any atom is -0.394 e. The molecule has 1 atom stereocenters. The predicted molar refractivity (Wildman–Crippen MR) is 44.5 cm³/mol. The van der Waals surface area contributed by atoms with Gasteiger partial charge in [-0.2, -0.15) is 0 Å². The molecule has 0 unspecified atom stereocenters. The third kappa shape index (κ3) is 0.829. The molecule has 1 N–H and O–H groups in total. The lowest BCUT2D eigenvalue weighted by Gasteiger charge is -2.28. The number of rotatable bonds is 1. The molecule has 2 fully saturated rings. The van der Waals surface area contributed by atoms with E-state index in [0.29, 0.717) is 13.0 Å². The van der Waals surface area contributed by atoms with Crippen LogP contribution in [0.15, 0.2) is 12.2 Å². The first kappa shape index (κ1) is 7.80. The van der Waals surface area contributed by atoms with E-state index in [1.54, 1.807) is 4.90 Å². The Morgan fingerprint density at radius 1 is 1.67 bits per heavy atom. The second-order valence-corrected chi connectivity index (χ2v) is 3.79. The Morgan fingerprint density at radius 2 is 2.42 bits per heavy atom. The van der Waals surface area contributed by atoms with Crippen LogP contribution in [0.2, 0.25) is 0 Å².